The molecule has 29 heavy (non-hydrogen) atoms. The second kappa shape index (κ2) is 9.80. The van der Waals surface area contributed by atoms with Crippen LogP contribution in [0.2, 0.25) is 0 Å². The Kier molecular flexibility index (Phi) is 7.46. The Morgan fingerprint density at radius 2 is 1.93 bits per heavy atom. The van der Waals surface area contributed by atoms with E-state index in [9.17, 15) is 18.8 Å². The normalized spacial score (nSPS) is 10.5. The molecule has 0 bridgehead atoms. The van der Waals surface area contributed by atoms with Crippen LogP contribution in [-0.4, -0.2) is 36.2 Å². The average molecular weight is 406 g/mol. The molecule has 0 atom stereocenters. The summed E-state index contributed by atoms with van der Waals surface area (Å²) >= 11 is 0. The van der Waals surface area contributed by atoms with Crippen LogP contribution < -0.4 is 22.1 Å². The van der Waals surface area contributed by atoms with Crippen molar-refractivity contribution in [1.82, 2.24) is 10.0 Å². The quantitative estimate of drug-likeness (QED) is 0.340. The minimum Gasteiger partial charge on any atom is -0.462 e. The van der Waals surface area contributed by atoms with Gasteiger partial charge in [0.25, 0.3) is 11.5 Å². The van der Waals surface area contributed by atoms with Crippen molar-refractivity contribution in [2.75, 3.05) is 25.1 Å². The molecule has 0 aliphatic carbocycles. The number of esters is 1. The van der Waals surface area contributed by atoms with Gasteiger partial charge in [-0.25, -0.2) is 9.87 Å². The first kappa shape index (κ1) is 22.1. The summed E-state index contributed by atoms with van der Waals surface area (Å²) in [5, 5.41) is 2.80. The van der Waals surface area contributed by atoms with Crippen LogP contribution >= 0.6 is 0 Å². The van der Waals surface area contributed by atoms with E-state index < -0.39 is 17.7 Å². The van der Waals surface area contributed by atoms with Gasteiger partial charge in [-0.2, -0.15) is 0 Å². The number of carbonyl (C=O) groups excluding carboxylic acids is 2. The zero-order chi connectivity index (χ0) is 21.6. The second-order valence-electron chi connectivity index (χ2n) is 6.27. The number of carbonyl (C=O) groups is 2. The third-order valence-corrected chi connectivity index (χ3v) is 4.00. The Balaban J connectivity index is 2.21. The number of aryl methyl sites for hydroxylation is 2. The topological polar surface area (TPSA) is 125 Å². The molecule has 0 saturated carbocycles. The van der Waals surface area contributed by atoms with Crippen LogP contribution in [0.1, 0.15) is 21.5 Å². The molecule has 156 valence electrons. The molecular formula is C19H23FN4O5. The molecule has 0 unspecified atom stereocenters. The summed E-state index contributed by atoms with van der Waals surface area (Å²) in [5.74, 6) is -1.69. The van der Waals surface area contributed by atoms with E-state index in [1.54, 1.807) is 19.9 Å². The molecule has 1 heterocycles. The van der Waals surface area contributed by atoms with Gasteiger partial charge in [-0.15, -0.1) is 0 Å². The molecule has 0 aliphatic rings. The van der Waals surface area contributed by atoms with E-state index >= 15 is 0 Å². The zero-order valence-corrected chi connectivity index (χ0v) is 16.4. The van der Waals surface area contributed by atoms with Gasteiger partial charge in [-0.3, -0.25) is 23.8 Å². The van der Waals surface area contributed by atoms with Crippen molar-refractivity contribution < 1.29 is 23.6 Å². The lowest BCUT2D eigenvalue weighted by atomic mass is 10.1. The number of nitrogens with two attached hydrogens (primary N) is 1. The van der Waals surface area contributed by atoms with Crippen molar-refractivity contribution in [2.45, 2.75) is 13.8 Å². The van der Waals surface area contributed by atoms with E-state index in [2.05, 4.69) is 10.8 Å². The van der Waals surface area contributed by atoms with Crippen LogP contribution in [0.4, 0.5) is 15.9 Å². The lowest BCUT2D eigenvalue weighted by Crippen LogP contribution is -2.31. The fraction of sp³-hybridized carbons (Fsp3) is 0.316. The van der Waals surface area contributed by atoms with Gasteiger partial charge in [0.2, 0.25) is 0 Å². The van der Waals surface area contributed by atoms with E-state index in [0.29, 0.717) is 5.56 Å². The van der Waals surface area contributed by atoms with E-state index in [4.69, 9.17) is 15.3 Å². The molecular weight excluding hydrogens is 383 g/mol. The first-order valence-electron chi connectivity index (χ1n) is 8.76. The molecule has 0 saturated heterocycles. The number of nitrogens with zero attached hydrogens (tertiary/aromatic N) is 1. The molecule has 0 fully saturated rings. The van der Waals surface area contributed by atoms with Crippen molar-refractivity contribution in [3.05, 3.63) is 57.1 Å². The van der Waals surface area contributed by atoms with Crippen LogP contribution in [0, 0.1) is 19.7 Å². The van der Waals surface area contributed by atoms with Crippen molar-refractivity contribution in [3.63, 3.8) is 0 Å². The smallest absolute Gasteiger partial charge is 0.319 e. The number of halogens is 1. The maximum Gasteiger partial charge on any atom is 0.319 e. The predicted molar refractivity (Wildman–Crippen MR) is 104 cm³/mol. The van der Waals surface area contributed by atoms with Gasteiger partial charge in [0.1, 0.15) is 24.8 Å². The van der Waals surface area contributed by atoms with Gasteiger partial charge in [-0.05, 0) is 37.6 Å². The van der Waals surface area contributed by atoms with Crippen molar-refractivity contribution in [1.29, 1.82) is 0 Å². The van der Waals surface area contributed by atoms with Crippen molar-refractivity contribution >= 4 is 23.4 Å². The SMILES string of the molecule is Cc1ccc(Nc2c(C(=O)NOCCOC(=O)CN)cc(C)c(=O)n2C)c(F)c1. The Morgan fingerprint density at radius 3 is 2.59 bits per heavy atom. The van der Waals surface area contributed by atoms with Gasteiger partial charge in [0.15, 0.2) is 0 Å². The fourth-order valence-electron chi connectivity index (χ4n) is 2.49. The lowest BCUT2D eigenvalue weighted by molar-refractivity contribution is -0.144. The summed E-state index contributed by atoms with van der Waals surface area (Å²) in [6, 6.07) is 5.92. The summed E-state index contributed by atoms with van der Waals surface area (Å²) < 4.78 is 20.2. The second-order valence-corrected chi connectivity index (χ2v) is 6.27. The van der Waals surface area contributed by atoms with E-state index in [-0.39, 0.29) is 42.4 Å². The summed E-state index contributed by atoms with van der Waals surface area (Å²) in [6.45, 7) is 2.85. The number of rotatable bonds is 8. The van der Waals surface area contributed by atoms with Gasteiger partial charge in [0, 0.05) is 12.6 Å². The third kappa shape index (κ3) is 5.62. The molecule has 1 aromatic carbocycles. The summed E-state index contributed by atoms with van der Waals surface area (Å²) in [4.78, 5) is 40.8. The predicted octanol–water partition coefficient (Wildman–Crippen LogP) is 1.05. The number of hydrogen-bond acceptors (Lipinski definition) is 7. The maximum atomic E-state index is 14.2. The Bertz CT molecular complexity index is 974. The van der Waals surface area contributed by atoms with Crippen LogP contribution in [0.25, 0.3) is 0 Å². The van der Waals surface area contributed by atoms with E-state index in [0.717, 1.165) is 5.56 Å². The number of ether oxygens (including phenoxy) is 1. The monoisotopic (exact) mass is 406 g/mol. The number of amides is 1. The van der Waals surface area contributed by atoms with Gasteiger partial charge < -0.3 is 15.8 Å². The molecule has 4 N–H and O–H groups in total. The van der Waals surface area contributed by atoms with E-state index in [1.807, 2.05) is 0 Å². The van der Waals surface area contributed by atoms with Crippen LogP contribution in [0.5, 0.6) is 0 Å². The molecule has 10 heteroatoms. The lowest BCUT2D eigenvalue weighted by Gasteiger charge is -2.17. The molecule has 0 aliphatic heterocycles. The number of pyridine rings is 1. The largest absolute Gasteiger partial charge is 0.462 e. The Labute approximate surface area is 166 Å². The van der Waals surface area contributed by atoms with Crippen molar-refractivity contribution in [2.24, 2.45) is 12.8 Å². The molecule has 2 aromatic rings. The zero-order valence-electron chi connectivity index (χ0n) is 16.4. The highest BCUT2D eigenvalue weighted by Gasteiger charge is 2.18. The number of aromatic nitrogens is 1. The van der Waals surface area contributed by atoms with E-state index in [1.165, 1.54) is 29.8 Å². The molecule has 1 aromatic heterocycles. The highest BCUT2D eigenvalue weighted by atomic mass is 19.1. The highest BCUT2D eigenvalue weighted by Crippen LogP contribution is 2.23. The first-order chi connectivity index (χ1) is 13.7. The molecule has 2 rings (SSSR count). The molecule has 0 radical (unpaired) electrons. The number of hydroxylamine groups is 1. The minimum absolute atomic E-state index is 0.0727. The Morgan fingerprint density at radius 1 is 1.21 bits per heavy atom. The van der Waals surface area contributed by atoms with Crippen LogP contribution in [0.3, 0.4) is 0 Å². The number of anilines is 2. The third-order valence-electron chi connectivity index (χ3n) is 4.00. The van der Waals surface area contributed by atoms with Crippen LogP contribution in [0.15, 0.2) is 29.1 Å². The number of nitrogens with one attached hydrogen (secondary N) is 2. The Hall–Kier alpha value is -3.24. The number of benzene rings is 1. The van der Waals surface area contributed by atoms with Crippen LogP contribution in [-0.2, 0) is 21.4 Å². The first-order valence-corrected chi connectivity index (χ1v) is 8.76. The van der Waals surface area contributed by atoms with Gasteiger partial charge in [0.05, 0.1) is 17.8 Å². The summed E-state index contributed by atoms with van der Waals surface area (Å²) in [6.07, 6.45) is 0. The molecule has 1 amide bonds. The average Bonchev–Trinajstić information content (AvgIpc) is 2.69. The van der Waals surface area contributed by atoms with Crippen molar-refractivity contribution in [3.8, 4) is 0 Å². The maximum absolute atomic E-state index is 14.2. The highest BCUT2D eigenvalue weighted by molar-refractivity contribution is 5.99. The standard InChI is InChI=1S/C19H23FN4O5/c1-11-4-5-15(14(20)8-11)22-17-13(9-12(2)19(27)24(17)3)18(26)23-29-7-6-28-16(25)10-21/h4-5,8-9,22H,6-7,10,21H2,1-3H3,(H,23,26). The molecule has 0 spiro atoms. The summed E-state index contributed by atoms with van der Waals surface area (Å²) in [5.41, 5.74) is 8.20. The van der Waals surface area contributed by atoms with Gasteiger partial charge in [-0.1, -0.05) is 6.07 Å². The minimum atomic E-state index is -0.663. The van der Waals surface area contributed by atoms with Gasteiger partial charge >= 0.3 is 5.97 Å². The number of hydrogen-bond donors (Lipinski definition) is 3. The summed E-state index contributed by atoms with van der Waals surface area (Å²) in [7, 11) is 1.47. The molecule has 9 nitrogen and oxygen atoms in total. The fourth-order valence-corrected chi connectivity index (χ4v) is 2.49.